The summed E-state index contributed by atoms with van der Waals surface area (Å²) in [6.07, 6.45) is 2.90. The summed E-state index contributed by atoms with van der Waals surface area (Å²) < 4.78 is 27.0. The molecule has 20 heavy (non-hydrogen) atoms. The number of hydrogen-bond acceptors (Lipinski definition) is 3. The third kappa shape index (κ3) is 5.61. The molecular formula is C15H26N2O2S. The van der Waals surface area contributed by atoms with Crippen LogP contribution in [0.15, 0.2) is 29.2 Å². The van der Waals surface area contributed by atoms with Gasteiger partial charge in [0.2, 0.25) is 10.0 Å². The maximum atomic E-state index is 12.2. The second kappa shape index (κ2) is 8.39. The fourth-order valence-electron chi connectivity index (χ4n) is 2.02. The Morgan fingerprint density at radius 3 is 2.30 bits per heavy atom. The highest BCUT2D eigenvalue weighted by Crippen LogP contribution is 2.12. The summed E-state index contributed by atoms with van der Waals surface area (Å²) in [5.74, 6) is 0. The van der Waals surface area contributed by atoms with E-state index >= 15 is 0 Å². The van der Waals surface area contributed by atoms with Crippen LogP contribution < -0.4 is 10.0 Å². The normalized spacial score (nSPS) is 13.3. The molecule has 0 spiro atoms. The largest absolute Gasteiger partial charge is 0.313 e. The van der Waals surface area contributed by atoms with Crippen molar-refractivity contribution in [3.8, 4) is 0 Å². The van der Waals surface area contributed by atoms with Gasteiger partial charge in [0.05, 0.1) is 4.90 Å². The molecule has 0 heterocycles. The molecule has 114 valence electrons. The zero-order valence-corrected chi connectivity index (χ0v) is 13.5. The van der Waals surface area contributed by atoms with Gasteiger partial charge in [-0.15, -0.1) is 0 Å². The average Bonchev–Trinajstić information content (AvgIpc) is 2.39. The lowest BCUT2D eigenvalue weighted by molar-refractivity contribution is 0.544. The monoisotopic (exact) mass is 298 g/mol. The predicted molar refractivity (Wildman–Crippen MR) is 83.1 cm³/mol. The SMILES string of the molecule is CCCNCc1ccc(S(=O)(=O)NC(C)CCC)cc1. The number of rotatable bonds is 9. The quantitative estimate of drug-likeness (QED) is 0.689. The molecule has 1 atom stereocenters. The van der Waals surface area contributed by atoms with Gasteiger partial charge in [-0.1, -0.05) is 32.4 Å². The van der Waals surface area contributed by atoms with E-state index in [9.17, 15) is 8.42 Å². The van der Waals surface area contributed by atoms with Gasteiger partial charge >= 0.3 is 0 Å². The second-order valence-electron chi connectivity index (χ2n) is 5.13. The van der Waals surface area contributed by atoms with Gasteiger partial charge in [0, 0.05) is 12.6 Å². The summed E-state index contributed by atoms with van der Waals surface area (Å²) in [6.45, 7) is 7.79. The molecular weight excluding hydrogens is 272 g/mol. The molecule has 5 heteroatoms. The molecule has 0 saturated heterocycles. The standard InChI is InChI=1S/C15H26N2O2S/c1-4-6-13(3)17-20(18,19)15-9-7-14(8-10-15)12-16-11-5-2/h7-10,13,16-17H,4-6,11-12H2,1-3H3. The van der Waals surface area contributed by atoms with Crippen molar-refractivity contribution in [3.63, 3.8) is 0 Å². The first-order chi connectivity index (χ1) is 9.49. The summed E-state index contributed by atoms with van der Waals surface area (Å²) in [6, 6.07) is 7.04. The van der Waals surface area contributed by atoms with E-state index in [1.165, 1.54) is 0 Å². The minimum absolute atomic E-state index is 0.0316. The summed E-state index contributed by atoms with van der Waals surface area (Å²) >= 11 is 0. The maximum absolute atomic E-state index is 12.2. The van der Waals surface area contributed by atoms with E-state index in [1.54, 1.807) is 12.1 Å². The molecule has 0 aliphatic carbocycles. The van der Waals surface area contributed by atoms with Crippen molar-refractivity contribution in [2.45, 2.75) is 57.5 Å². The first-order valence-corrected chi connectivity index (χ1v) is 8.80. The van der Waals surface area contributed by atoms with Crippen LogP contribution in [0.1, 0.15) is 45.6 Å². The van der Waals surface area contributed by atoms with E-state index in [2.05, 4.69) is 17.0 Å². The molecule has 1 aromatic rings. The topological polar surface area (TPSA) is 58.2 Å². The Labute approximate surface area is 123 Å². The van der Waals surface area contributed by atoms with Crippen LogP contribution in [0.4, 0.5) is 0 Å². The lowest BCUT2D eigenvalue weighted by Crippen LogP contribution is -2.32. The molecule has 1 rings (SSSR count). The van der Waals surface area contributed by atoms with E-state index in [4.69, 9.17) is 0 Å². The Kier molecular flexibility index (Phi) is 7.19. The highest BCUT2D eigenvalue weighted by atomic mass is 32.2. The summed E-state index contributed by atoms with van der Waals surface area (Å²) in [5.41, 5.74) is 1.10. The maximum Gasteiger partial charge on any atom is 0.240 e. The fourth-order valence-corrected chi connectivity index (χ4v) is 3.30. The van der Waals surface area contributed by atoms with Crippen LogP contribution in [0, 0.1) is 0 Å². The minimum Gasteiger partial charge on any atom is -0.313 e. The van der Waals surface area contributed by atoms with E-state index < -0.39 is 10.0 Å². The molecule has 0 fully saturated rings. The highest BCUT2D eigenvalue weighted by molar-refractivity contribution is 7.89. The van der Waals surface area contributed by atoms with Gasteiger partial charge in [-0.25, -0.2) is 13.1 Å². The lowest BCUT2D eigenvalue weighted by atomic mass is 10.2. The van der Waals surface area contributed by atoms with Crippen LogP contribution in [-0.4, -0.2) is 21.0 Å². The zero-order chi connectivity index (χ0) is 15.0. The summed E-state index contributed by atoms with van der Waals surface area (Å²) in [4.78, 5) is 0.333. The lowest BCUT2D eigenvalue weighted by Gasteiger charge is -2.13. The van der Waals surface area contributed by atoms with Gasteiger partial charge in [0.1, 0.15) is 0 Å². The van der Waals surface area contributed by atoms with Crippen LogP contribution in [0.5, 0.6) is 0 Å². The summed E-state index contributed by atoms with van der Waals surface area (Å²) in [5, 5.41) is 3.29. The Balaban J connectivity index is 2.66. The summed E-state index contributed by atoms with van der Waals surface area (Å²) in [7, 11) is -3.39. The molecule has 0 bridgehead atoms. The van der Waals surface area contributed by atoms with Crippen LogP contribution in [0.3, 0.4) is 0 Å². The van der Waals surface area contributed by atoms with Gasteiger partial charge in [-0.3, -0.25) is 0 Å². The number of hydrogen-bond donors (Lipinski definition) is 2. The minimum atomic E-state index is -3.39. The molecule has 0 saturated carbocycles. The van der Waals surface area contributed by atoms with Gasteiger partial charge in [0.25, 0.3) is 0 Å². The van der Waals surface area contributed by atoms with Gasteiger partial charge in [-0.2, -0.15) is 0 Å². The van der Waals surface area contributed by atoms with Crippen LogP contribution in [0.25, 0.3) is 0 Å². The second-order valence-corrected chi connectivity index (χ2v) is 6.85. The third-order valence-electron chi connectivity index (χ3n) is 3.07. The first-order valence-electron chi connectivity index (χ1n) is 7.31. The Hall–Kier alpha value is -0.910. The Morgan fingerprint density at radius 1 is 1.10 bits per heavy atom. The van der Waals surface area contributed by atoms with Crippen molar-refractivity contribution in [3.05, 3.63) is 29.8 Å². The van der Waals surface area contributed by atoms with E-state index in [0.717, 1.165) is 37.9 Å². The van der Waals surface area contributed by atoms with Crippen LogP contribution >= 0.6 is 0 Å². The first kappa shape index (κ1) is 17.1. The number of sulfonamides is 1. The number of nitrogens with one attached hydrogen (secondary N) is 2. The fraction of sp³-hybridized carbons (Fsp3) is 0.600. The van der Waals surface area contributed by atoms with Crippen LogP contribution in [-0.2, 0) is 16.6 Å². The van der Waals surface area contributed by atoms with Gasteiger partial charge < -0.3 is 5.32 Å². The van der Waals surface area contributed by atoms with E-state index in [1.807, 2.05) is 26.0 Å². The molecule has 2 N–H and O–H groups in total. The van der Waals surface area contributed by atoms with Crippen molar-refractivity contribution < 1.29 is 8.42 Å². The number of benzene rings is 1. The Morgan fingerprint density at radius 2 is 1.75 bits per heavy atom. The molecule has 0 aliphatic heterocycles. The molecule has 0 radical (unpaired) electrons. The van der Waals surface area contributed by atoms with Gasteiger partial charge in [-0.05, 0) is 44.0 Å². The Bertz CT molecular complexity index is 483. The van der Waals surface area contributed by atoms with E-state index in [0.29, 0.717) is 4.90 Å². The van der Waals surface area contributed by atoms with Crippen molar-refractivity contribution >= 4 is 10.0 Å². The molecule has 4 nitrogen and oxygen atoms in total. The predicted octanol–water partition coefficient (Wildman–Crippen LogP) is 2.65. The van der Waals surface area contributed by atoms with Crippen LogP contribution in [0.2, 0.25) is 0 Å². The smallest absolute Gasteiger partial charge is 0.240 e. The molecule has 0 aromatic heterocycles. The van der Waals surface area contributed by atoms with Crippen molar-refractivity contribution in [1.29, 1.82) is 0 Å². The zero-order valence-electron chi connectivity index (χ0n) is 12.6. The van der Waals surface area contributed by atoms with Crippen molar-refractivity contribution in [1.82, 2.24) is 10.0 Å². The average molecular weight is 298 g/mol. The van der Waals surface area contributed by atoms with Crippen molar-refractivity contribution in [2.24, 2.45) is 0 Å². The third-order valence-corrected chi connectivity index (χ3v) is 4.67. The molecule has 0 amide bonds. The van der Waals surface area contributed by atoms with E-state index in [-0.39, 0.29) is 6.04 Å². The highest BCUT2D eigenvalue weighted by Gasteiger charge is 2.16. The molecule has 1 aromatic carbocycles. The molecule has 1 unspecified atom stereocenters. The molecule has 0 aliphatic rings. The van der Waals surface area contributed by atoms with Gasteiger partial charge in [0.15, 0.2) is 0 Å². The van der Waals surface area contributed by atoms with Crippen molar-refractivity contribution in [2.75, 3.05) is 6.54 Å².